The number of ether oxygens (including phenoxy) is 1. The van der Waals surface area contributed by atoms with Crippen LogP contribution >= 0.6 is 0 Å². The second-order valence-electron chi connectivity index (χ2n) is 5.67. The quantitative estimate of drug-likeness (QED) is 0.838. The number of halogens is 3. The normalized spacial score (nSPS) is 11.9. The van der Waals surface area contributed by atoms with Crippen LogP contribution in [0.25, 0.3) is 0 Å². The van der Waals surface area contributed by atoms with E-state index >= 15 is 0 Å². The molecule has 0 unspecified atom stereocenters. The van der Waals surface area contributed by atoms with E-state index in [4.69, 9.17) is 4.74 Å². The molecule has 0 bridgehead atoms. The number of benzene rings is 2. The predicted octanol–water partition coefficient (Wildman–Crippen LogP) is 3.95. The number of carbonyl (C=O) groups is 1. The lowest BCUT2D eigenvalue weighted by Crippen LogP contribution is -2.36. The highest BCUT2D eigenvalue weighted by Gasteiger charge is 2.30. The fourth-order valence-electron chi connectivity index (χ4n) is 2.07. The smallest absolute Gasteiger partial charge is 0.416 e. The second kappa shape index (κ2) is 8.43. The summed E-state index contributed by atoms with van der Waals surface area (Å²) in [5, 5.41) is 2.57. The van der Waals surface area contributed by atoms with E-state index in [1.54, 1.807) is 19.1 Å². The zero-order chi connectivity index (χ0) is 19.2. The van der Waals surface area contributed by atoms with Crippen LogP contribution in [-0.4, -0.2) is 18.6 Å². The van der Waals surface area contributed by atoms with Gasteiger partial charge in [-0.15, -0.1) is 0 Å². The molecule has 6 heteroatoms. The van der Waals surface area contributed by atoms with E-state index in [-0.39, 0.29) is 18.0 Å². The van der Waals surface area contributed by atoms with Gasteiger partial charge in [0.05, 0.1) is 12.1 Å². The lowest BCUT2D eigenvalue weighted by molar-refractivity contribution is -0.137. The molecule has 2 aromatic carbocycles. The summed E-state index contributed by atoms with van der Waals surface area (Å²) in [7, 11) is 0. The number of amides is 1. The molecular weight excluding hydrogens is 343 g/mol. The molecule has 0 spiro atoms. The van der Waals surface area contributed by atoms with Crippen LogP contribution in [0, 0.1) is 18.8 Å². The third-order valence-corrected chi connectivity index (χ3v) is 3.48. The van der Waals surface area contributed by atoms with Gasteiger partial charge in [-0.1, -0.05) is 35.6 Å². The van der Waals surface area contributed by atoms with Crippen LogP contribution in [0.15, 0.2) is 48.5 Å². The van der Waals surface area contributed by atoms with Gasteiger partial charge in [0.2, 0.25) is 0 Å². The number of carbonyl (C=O) groups excluding carboxylic acids is 1. The molecule has 0 saturated heterocycles. The minimum Gasteiger partial charge on any atom is -0.481 e. The molecule has 3 nitrogen and oxygen atoms in total. The second-order valence-corrected chi connectivity index (χ2v) is 5.67. The number of rotatable bonds is 4. The molecule has 26 heavy (non-hydrogen) atoms. The third kappa shape index (κ3) is 5.85. The molecule has 0 aromatic heterocycles. The van der Waals surface area contributed by atoms with E-state index in [2.05, 4.69) is 17.2 Å². The Bertz CT molecular complexity index is 817. The Morgan fingerprint density at radius 1 is 1.19 bits per heavy atom. The molecule has 0 aliphatic heterocycles. The molecule has 0 aliphatic rings. The van der Waals surface area contributed by atoms with Gasteiger partial charge in [0.25, 0.3) is 5.91 Å². The molecule has 0 saturated carbocycles. The van der Waals surface area contributed by atoms with Crippen molar-refractivity contribution >= 4 is 5.91 Å². The first-order valence-electron chi connectivity index (χ1n) is 7.93. The minimum atomic E-state index is -4.41. The lowest BCUT2D eigenvalue weighted by Gasteiger charge is -2.13. The van der Waals surface area contributed by atoms with Crippen LogP contribution in [0.2, 0.25) is 0 Å². The average Bonchev–Trinajstić information content (AvgIpc) is 2.60. The van der Waals surface area contributed by atoms with Gasteiger partial charge in [-0.05, 0) is 44.2 Å². The highest BCUT2D eigenvalue weighted by Crippen LogP contribution is 2.29. The molecule has 136 valence electrons. The highest BCUT2D eigenvalue weighted by molar-refractivity contribution is 5.80. The van der Waals surface area contributed by atoms with Gasteiger partial charge in [0, 0.05) is 5.56 Å². The van der Waals surface area contributed by atoms with Gasteiger partial charge < -0.3 is 10.1 Å². The average molecular weight is 361 g/mol. The van der Waals surface area contributed by atoms with Crippen molar-refractivity contribution in [3.63, 3.8) is 0 Å². The fraction of sp³-hybridized carbons (Fsp3) is 0.250. The predicted molar refractivity (Wildman–Crippen MR) is 92.6 cm³/mol. The van der Waals surface area contributed by atoms with E-state index in [0.717, 1.165) is 17.7 Å². The molecular formula is C20H18F3NO2. The summed E-state index contributed by atoms with van der Waals surface area (Å²) in [4.78, 5) is 12.0. The minimum absolute atomic E-state index is 0.0106. The van der Waals surface area contributed by atoms with Gasteiger partial charge in [-0.25, -0.2) is 0 Å². The Balaban J connectivity index is 1.87. The number of alkyl halides is 3. The van der Waals surface area contributed by atoms with Gasteiger partial charge >= 0.3 is 6.18 Å². The van der Waals surface area contributed by atoms with Crippen LogP contribution < -0.4 is 10.1 Å². The van der Waals surface area contributed by atoms with Crippen molar-refractivity contribution in [1.29, 1.82) is 0 Å². The van der Waals surface area contributed by atoms with Crippen LogP contribution in [0.1, 0.15) is 23.6 Å². The molecule has 2 rings (SSSR count). The lowest BCUT2D eigenvalue weighted by atomic mass is 10.1. The maximum absolute atomic E-state index is 12.6. The zero-order valence-corrected chi connectivity index (χ0v) is 14.4. The summed E-state index contributed by atoms with van der Waals surface area (Å²) < 4.78 is 43.4. The molecule has 1 amide bonds. The van der Waals surface area contributed by atoms with Crippen molar-refractivity contribution in [2.24, 2.45) is 0 Å². The number of nitrogens with one attached hydrogen (secondary N) is 1. The van der Waals surface area contributed by atoms with Crippen molar-refractivity contribution in [2.75, 3.05) is 6.54 Å². The van der Waals surface area contributed by atoms with Crippen molar-refractivity contribution in [2.45, 2.75) is 26.1 Å². The first kappa shape index (κ1) is 19.4. The summed E-state index contributed by atoms with van der Waals surface area (Å²) in [5.74, 6) is 5.45. The van der Waals surface area contributed by atoms with Crippen LogP contribution in [-0.2, 0) is 11.0 Å². The number of aryl methyl sites for hydroxylation is 1. The van der Waals surface area contributed by atoms with Gasteiger partial charge in [-0.3, -0.25) is 4.79 Å². The first-order chi connectivity index (χ1) is 12.3. The molecule has 2 aromatic rings. The monoisotopic (exact) mass is 361 g/mol. The third-order valence-electron chi connectivity index (χ3n) is 3.48. The van der Waals surface area contributed by atoms with E-state index in [9.17, 15) is 18.0 Å². The standard InChI is InChI=1S/C20H18F3NO2/c1-14-8-10-18(11-9-14)26-15(2)19(25)24-12-4-6-16-5-3-7-17(13-16)20(21,22)23/h3,5,7-11,13,15H,12H2,1-2H3,(H,24,25)/t15-/m1/s1. The Labute approximate surface area is 150 Å². The van der Waals surface area contributed by atoms with E-state index in [1.807, 2.05) is 19.1 Å². The Hall–Kier alpha value is -2.94. The summed E-state index contributed by atoms with van der Waals surface area (Å²) in [6.07, 6.45) is -5.12. The van der Waals surface area contributed by atoms with Gasteiger partial charge in [0.15, 0.2) is 6.10 Å². The van der Waals surface area contributed by atoms with Gasteiger partial charge in [0.1, 0.15) is 5.75 Å². The maximum atomic E-state index is 12.6. The summed E-state index contributed by atoms with van der Waals surface area (Å²) >= 11 is 0. The van der Waals surface area contributed by atoms with Crippen molar-refractivity contribution < 1.29 is 22.7 Å². The first-order valence-corrected chi connectivity index (χ1v) is 7.93. The fourth-order valence-corrected chi connectivity index (χ4v) is 2.07. The summed E-state index contributed by atoms with van der Waals surface area (Å²) in [5.41, 5.74) is 0.561. The van der Waals surface area contributed by atoms with Crippen molar-refractivity contribution in [3.8, 4) is 17.6 Å². The van der Waals surface area contributed by atoms with Crippen LogP contribution in [0.3, 0.4) is 0 Å². The molecule has 0 radical (unpaired) electrons. The number of hydrogen-bond acceptors (Lipinski definition) is 2. The van der Waals surface area contributed by atoms with E-state index in [0.29, 0.717) is 5.75 Å². The Kier molecular flexibility index (Phi) is 6.29. The summed E-state index contributed by atoms with van der Waals surface area (Å²) in [6, 6.07) is 12.0. The molecule has 0 fully saturated rings. The highest BCUT2D eigenvalue weighted by atomic mass is 19.4. The van der Waals surface area contributed by atoms with E-state index in [1.165, 1.54) is 12.1 Å². The summed E-state index contributed by atoms with van der Waals surface area (Å²) in [6.45, 7) is 3.56. The Morgan fingerprint density at radius 3 is 2.54 bits per heavy atom. The van der Waals surface area contributed by atoms with Crippen molar-refractivity contribution in [3.05, 3.63) is 65.2 Å². The van der Waals surface area contributed by atoms with Crippen molar-refractivity contribution in [1.82, 2.24) is 5.32 Å². The molecule has 1 atom stereocenters. The molecule has 0 heterocycles. The van der Waals surface area contributed by atoms with Gasteiger partial charge in [-0.2, -0.15) is 13.2 Å². The topological polar surface area (TPSA) is 38.3 Å². The molecule has 0 aliphatic carbocycles. The SMILES string of the molecule is Cc1ccc(O[C@H](C)C(=O)NCC#Cc2cccc(C(F)(F)F)c2)cc1. The largest absolute Gasteiger partial charge is 0.481 e. The Morgan fingerprint density at radius 2 is 1.88 bits per heavy atom. The van der Waals surface area contributed by atoms with E-state index < -0.39 is 17.8 Å². The van der Waals surface area contributed by atoms with Crippen LogP contribution in [0.4, 0.5) is 13.2 Å². The maximum Gasteiger partial charge on any atom is 0.416 e. The number of hydrogen-bond donors (Lipinski definition) is 1. The zero-order valence-electron chi connectivity index (χ0n) is 14.4. The molecule has 1 N–H and O–H groups in total. The van der Waals surface area contributed by atoms with Crippen LogP contribution in [0.5, 0.6) is 5.75 Å².